The van der Waals surface area contributed by atoms with Gasteiger partial charge in [0.1, 0.15) is 6.54 Å². The molecule has 7 nitrogen and oxygen atoms in total. The molecule has 0 aliphatic rings. The first kappa shape index (κ1) is 13.0. The summed E-state index contributed by atoms with van der Waals surface area (Å²) in [5.41, 5.74) is 0.482. The predicted molar refractivity (Wildman–Crippen MR) is 69.0 cm³/mol. The van der Waals surface area contributed by atoms with E-state index in [-0.39, 0.29) is 18.3 Å². The van der Waals surface area contributed by atoms with E-state index < -0.39 is 4.92 Å². The third kappa shape index (κ3) is 3.29. The number of para-hydroxylation sites is 1. The molecule has 0 aliphatic heterocycles. The van der Waals surface area contributed by atoms with E-state index in [1.807, 2.05) is 0 Å². The minimum Gasteiger partial charge on any atom is -0.358 e. The van der Waals surface area contributed by atoms with E-state index in [2.05, 4.69) is 10.4 Å². The van der Waals surface area contributed by atoms with Crippen molar-refractivity contribution in [2.24, 2.45) is 0 Å². The van der Waals surface area contributed by atoms with Crippen LogP contribution in [0.1, 0.15) is 0 Å². The van der Waals surface area contributed by atoms with Gasteiger partial charge in [-0.25, -0.2) is 0 Å². The number of aromatic nitrogens is 2. The third-order valence-electron chi connectivity index (χ3n) is 2.27. The Morgan fingerprint density at radius 1 is 1.42 bits per heavy atom. The monoisotopic (exact) mass is 280 g/mol. The van der Waals surface area contributed by atoms with Crippen molar-refractivity contribution in [2.75, 3.05) is 5.32 Å². The zero-order chi connectivity index (χ0) is 13.8. The highest BCUT2D eigenvalue weighted by atomic mass is 35.5. The molecular formula is C11H9ClN4O3. The first-order valence-electron chi connectivity index (χ1n) is 5.28. The lowest BCUT2D eigenvalue weighted by molar-refractivity contribution is -0.389. The fourth-order valence-corrected chi connectivity index (χ4v) is 1.62. The lowest BCUT2D eigenvalue weighted by Crippen LogP contribution is -2.19. The Bertz CT molecular complexity index is 626. The van der Waals surface area contributed by atoms with Gasteiger partial charge in [-0.05, 0) is 17.1 Å². The first-order valence-corrected chi connectivity index (χ1v) is 5.66. The van der Waals surface area contributed by atoms with E-state index >= 15 is 0 Å². The van der Waals surface area contributed by atoms with Gasteiger partial charge in [-0.2, -0.15) is 4.68 Å². The summed E-state index contributed by atoms with van der Waals surface area (Å²) < 4.78 is 1.18. The average Bonchev–Trinajstić information content (AvgIpc) is 2.80. The molecule has 0 bridgehead atoms. The van der Waals surface area contributed by atoms with Crippen LogP contribution < -0.4 is 5.32 Å². The number of carbonyl (C=O) groups is 1. The lowest BCUT2D eigenvalue weighted by Gasteiger charge is -2.05. The van der Waals surface area contributed by atoms with E-state index in [9.17, 15) is 14.9 Å². The topological polar surface area (TPSA) is 90.1 Å². The number of benzene rings is 1. The van der Waals surface area contributed by atoms with Gasteiger partial charge in [0.2, 0.25) is 5.91 Å². The van der Waals surface area contributed by atoms with Crippen LogP contribution in [-0.2, 0) is 11.3 Å². The summed E-state index contributed by atoms with van der Waals surface area (Å²) in [6.45, 7) is -0.126. The molecule has 0 aliphatic carbocycles. The quantitative estimate of drug-likeness (QED) is 0.686. The molecule has 0 fully saturated rings. The summed E-state index contributed by atoms with van der Waals surface area (Å²) >= 11 is 5.89. The molecule has 0 atom stereocenters. The maximum absolute atomic E-state index is 11.7. The molecule has 2 rings (SSSR count). The number of nitrogens with one attached hydrogen (secondary N) is 1. The number of hydrogen-bond acceptors (Lipinski definition) is 4. The Morgan fingerprint density at radius 3 is 2.79 bits per heavy atom. The molecule has 1 heterocycles. The Labute approximate surface area is 112 Å². The zero-order valence-electron chi connectivity index (χ0n) is 9.62. The number of hydrogen-bond donors (Lipinski definition) is 1. The van der Waals surface area contributed by atoms with E-state index in [1.165, 1.54) is 16.9 Å². The van der Waals surface area contributed by atoms with Gasteiger partial charge in [-0.1, -0.05) is 23.7 Å². The van der Waals surface area contributed by atoms with Crippen LogP contribution in [0.2, 0.25) is 5.02 Å². The molecule has 0 radical (unpaired) electrons. The minimum absolute atomic E-state index is 0.126. The van der Waals surface area contributed by atoms with E-state index in [0.29, 0.717) is 10.7 Å². The molecule has 1 amide bonds. The first-order chi connectivity index (χ1) is 9.06. The van der Waals surface area contributed by atoms with Gasteiger partial charge in [0.15, 0.2) is 0 Å². The van der Waals surface area contributed by atoms with Gasteiger partial charge in [0.05, 0.1) is 28.1 Å². The van der Waals surface area contributed by atoms with Crippen molar-refractivity contribution in [3.63, 3.8) is 0 Å². The maximum Gasteiger partial charge on any atom is 0.389 e. The molecular weight excluding hydrogens is 272 g/mol. The van der Waals surface area contributed by atoms with E-state index in [4.69, 9.17) is 11.6 Å². The highest BCUT2D eigenvalue weighted by Gasteiger charge is 2.13. The Kier molecular flexibility index (Phi) is 3.76. The van der Waals surface area contributed by atoms with Crippen molar-refractivity contribution < 1.29 is 9.72 Å². The van der Waals surface area contributed by atoms with Gasteiger partial charge in [0.25, 0.3) is 0 Å². The normalized spacial score (nSPS) is 10.2. The number of anilines is 1. The van der Waals surface area contributed by atoms with Crippen LogP contribution in [0.25, 0.3) is 0 Å². The van der Waals surface area contributed by atoms with E-state index in [1.54, 1.807) is 24.3 Å². The standard InChI is InChI=1S/C11H9ClN4O3/c12-8-3-1-2-4-9(8)13-11(17)7-15-6-5-10(14-15)16(18)19/h1-6H,7H2,(H,13,17). The molecule has 0 spiro atoms. The van der Waals surface area contributed by atoms with Gasteiger partial charge in [0, 0.05) is 0 Å². The molecule has 98 valence electrons. The smallest absolute Gasteiger partial charge is 0.358 e. The van der Waals surface area contributed by atoms with Crippen LogP contribution in [-0.4, -0.2) is 20.6 Å². The Hall–Kier alpha value is -2.41. The van der Waals surface area contributed by atoms with Crippen molar-refractivity contribution in [2.45, 2.75) is 6.54 Å². The number of carbonyl (C=O) groups excluding carboxylic acids is 1. The van der Waals surface area contributed by atoms with Crippen LogP contribution in [0.4, 0.5) is 11.5 Å². The Morgan fingerprint density at radius 2 is 2.16 bits per heavy atom. The Balaban J connectivity index is 2.01. The molecule has 1 N–H and O–H groups in total. The summed E-state index contributed by atoms with van der Waals surface area (Å²) in [6, 6.07) is 8.01. The van der Waals surface area contributed by atoms with Crippen LogP contribution in [0.3, 0.4) is 0 Å². The third-order valence-corrected chi connectivity index (χ3v) is 2.60. The second-order valence-corrected chi connectivity index (χ2v) is 4.06. The zero-order valence-corrected chi connectivity index (χ0v) is 10.4. The van der Waals surface area contributed by atoms with Gasteiger partial charge in [-0.3, -0.25) is 4.79 Å². The predicted octanol–water partition coefficient (Wildman–Crippen LogP) is 2.08. The van der Waals surface area contributed by atoms with Crippen LogP contribution in [0.15, 0.2) is 36.5 Å². The minimum atomic E-state index is -0.623. The summed E-state index contributed by atoms with van der Waals surface area (Å²) in [7, 11) is 0. The highest BCUT2D eigenvalue weighted by Crippen LogP contribution is 2.20. The lowest BCUT2D eigenvalue weighted by atomic mass is 10.3. The van der Waals surface area contributed by atoms with Crippen molar-refractivity contribution in [3.05, 3.63) is 51.7 Å². The van der Waals surface area contributed by atoms with E-state index in [0.717, 1.165) is 0 Å². The second kappa shape index (κ2) is 5.49. The van der Waals surface area contributed by atoms with Crippen LogP contribution in [0.5, 0.6) is 0 Å². The largest absolute Gasteiger partial charge is 0.389 e. The second-order valence-electron chi connectivity index (χ2n) is 3.66. The molecule has 0 saturated heterocycles. The molecule has 1 aromatic heterocycles. The van der Waals surface area contributed by atoms with Crippen molar-refractivity contribution in [3.8, 4) is 0 Å². The summed E-state index contributed by atoms with van der Waals surface area (Å²) in [5.74, 6) is -0.670. The molecule has 19 heavy (non-hydrogen) atoms. The number of halogens is 1. The highest BCUT2D eigenvalue weighted by molar-refractivity contribution is 6.33. The van der Waals surface area contributed by atoms with Crippen LogP contribution >= 0.6 is 11.6 Å². The number of nitro groups is 1. The number of amides is 1. The fourth-order valence-electron chi connectivity index (χ4n) is 1.44. The molecule has 1 aromatic carbocycles. The van der Waals surface area contributed by atoms with Crippen molar-refractivity contribution >= 4 is 29.0 Å². The number of rotatable bonds is 4. The maximum atomic E-state index is 11.7. The van der Waals surface area contributed by atoms with Crippen LogP contribution in [0, 0.1) is 10.1 Å². The van der Waals surface area contributed by atoms with Gasteiger partial charge < -0.3 is 15.4 Å². The number of nitrogens with zero attached hydrogens (tertiary/aromatic N) is 3. The van der Waals surface area contributed by atoms with Crippen molar-refractivity contribution in [1.82, 2.24) is 9.78 Å². The summed E-state index contributed by atoms with van der Waals surface area (Å²) in [6.07, 6.45) is 1.37. The van der Waals surface area contributed by atoms with Crippen molar-refractivity contribution in [1.29, 1.82) is 0 Å². The average molecular weight is 281 g/mol. The summed E-state index contributed by atoms with van der Waals surface area (Å²) in [5, 5.41) is 17.1. The fraction of sp³-hybridized carbons (Fsp3) is 0.0909. The molecule has 0 saturated carbocycles. The SMILES string of the molecule is O=C(Cn1ccc([N+](=O)[O-])n1)Nc1ccccc1Cl. The van der Waals surface area contributed by atoms with Gasteiger partial charge >= 0.3 is 5.82 Å². The molecule has 2 aromatic rings. The molecule has 8 heteroatoms. The summed E-state index contributed by atoms with van der Waals surface area (Å²) in [4.78, 5) is 21.5. The molecule has 0 unspecified atom stereocenters. The van der Waals surface area contributed by atoms with Gasteiger partial charge in [-0.15, -0.1) is 0 Å².